The number of carbonyl (C=O) groups excluding carboxylic acids is 1. The largest absolute Gasteiger partial charge is 0.381 e. The standard InChI is InChI=1S/C14H20N4O/c15-14(19)17-11-3-1-10(2-4-11)16-12-7-8-18(9-12)13-5-6-13/h1-4,12-13,16H,5-9H2,(H3,15,17,19). The summed E-state index contributed by atoms with van der Waals surface area (Å²) in [7, 11) is 0. The molecule has 5 nitrogen and oxygen atoms in total. The number of hydrogen-bond donors (Lipinski definition) is 3. The summed E-state index contributed by atoms with van der Waals surface area (Å²) < 4.78 is 0. The lowest BCUT2D eigenvalue weighted by Gasteiger charge is -2.16. The molecule has 0 bridgehead atoms. The van der Waals surface area contributed by atoms with Gasteiger partial charge in [-0.1, -0.05) is 0 Å². The topological polar surface area (TPSA) is 70.4 Å². The summed E-state index contributed by atoms with van der Waals surface area (Å²) in [6.45, 7) is 2.36. The van der Waals surface area contributed by atoms with E-state index in [0.717, 1.165) is 24.0 Å². The minimum Gasteiger partial charge on any atom is -0.381 e. The van der Waals surface area contributed by atoms with E-state index in [2.05, 4.69) is 15.5 Å². The van der Waals surface area contributed by atoms with Crippen molar-refractivity contribution in [2.24, 2.45) is 5.73 Å². The molecule has 1 atom stereocenters. The number of nitrogens with two attached hydrogens (primary N) is 1. The molecule has 1 unspecified atom stereocenters. The van der Waals surface area contributed by atoms with Gasteiger partial charge in [-0.25, -0.2) is 4.79 Å². The van der Waals surface area contributed by atoms with Gasteiger partial charge in [0.2, 0.25) is 0 Å². The fraction of sp³-hybridized carbons (Fsp3) is 0.500. The van der Waals surface area contributed by atoms with Crippen LogP contribution in [0.1, 0.15) is 19.3 Å². The van der Waals surface area contributed by atoms with Crippen LogP contribution in [0.2, 0.25) is 0 Å². The zero-order valence-corrected chi connectivity index (χ0v) is 10.9. The average molecular weight is 260 g/mol. The molecule has 4 N–H and O–H groups in total. The summed E-state index contributed by atoms with van der Waals surface area (Å²) in [6, 6.07) is 8.54. The van der Waals surface area contributed by atoms with Gasteiger partial charge < -0.3 is 16.4 Å². The van der Waals surface area contributed by atoms with Gasteiger partial charge in [0.05, 0.1) is 0 Å². The lowest BCUT2D eigenvalue weighted by Crippen LogP contribution is -2.27. The van der Waals surface area contributed by atoms with Gasteiger partial charge in [0.1, 0.15) is 0 Å². The fourth-order valence-electron chi connectivity index (χ4n) is 2.70. The SMILES string of the molecule is NC(=O)Nc1ccc(NC2CCN(C3CC3)C2)cc1. The first-order valence-electron chi connectivity index (χ1n) is 6.88. The maximum Gasteiger partial charge on any atom is 0.316 e. The quantitative estimate of drug-likeness (QED) is 0.773. The molecule has 0 aromatic heterocycles. The number of amides is 2. The van der Waals surface area contributed by atoms with Crippen molar-refractivity contribution in [2.75, 3.05) is 23.7 Å². The fourth-order valence-corrected chi connectivity index (χ4v) is 2.70. The molecule has 102 valence electrons. The minimum absolute atomic E-state index is 0.531. The molecule has 1 aromatic carbocycles. The Morgan fingerprint density at radius 1 is 1.16 bits per heavy atom. The van der Waals surface area contributed by atoms with Gasteiger partial charge in [0.15, 0.2) is 0 Å². The number of nitrogens with one attached hydrogen (secondary N) is 2. The molecule has 5 heteroatoms. The third kappa shape index (κ3) is 3.17. The van der Waals surface area contributed by atoms with Gasteiger partial charge in [-0.2, -0.15) is 0 Å². The van der Waals surface area contributed by atoms with Gasteiger partial charge >= 0.3 is 6.03 Å². The molecule has 1 saturated carbocycles. The number of likely N-dealkylation sites (tertiary alicyclic amines) is 1. The Labute approximate surface area is 113 Å². The van der Waals surface area contributed by atoms with E-state index in [0.29, 0.717) is 6.04 Å². The summed E-state index contributed by atoms with van der Waals surface area (Å²) in [5.41, 5.74) is 6.89. The number of hydrogen-bond acceptors (Lipinski definition) is 3. The normalized spacial score (nSPS) is 23.3. The lowest BCUT2D eigenvalue weighted by molar-refractivity contribution is 0.259. The van der Waals surface area contributed by atoms with Crippen LogP contribution in [0, 0.1) is 0 Å². The Kier molecular flexibility index (Phi) is 3.29. The van der Waals surface area contributed by atoms with Crippen molar-refractivity contribution in [1.82, 2.24) is 4.90 Å². The Balaban J connectivity index is 1.53. The van der Waals surface area contributed by atoms with E-state index in [1.54, 1.807) is 0 Å². The van der Waals surface area contributed by atoms with E-state index >= 15 is 0 Å². The summed E-state index contributed by atoms with van der Waals surface area (Å²) in [6.07, 6.45) is 3.96. The Hall–Kier alpha value is -1.75. The van der Waals surface area contributed by atoms with E-state index in [1.807, 2.05) is 24.3 Å². The Bertz CT molecular complexity index is 455. The number of primary amides is 1. The first-order valence-corrected chi connectivity index (χ1v) is 6.88. The molecule has 19 heavy (non-hydrogen) atoms. The lowest BCUT2D eigenvalue weighted by atomic mass is 10.2. The highest BCUT2D eigenvalue weighted by Crippen LogP contribution is 2.30. The second kappa shape index (κ2) is 5.09. The molecule has 2 fully saturated rings. The van der Waals surface area contributed by atoms with Crippen LogP contribution in [0.4, 0.5) is 16.2 Å². The van der Waals surface area contributed by atoms with Gasteiger partial charge in [-0.3, -0.25) is 4.90 Å². The zero-order chi connectivity index (χ0) is 13.2. The van der Waals surface area contributed by atoms with Crippen LogP contribution >= 0.6 is 0 Å². The highest BCUT2D eigenvalue weighted by atomic mass is 16.2. The molecule has 2 aliphatic rings. The predicted octanol–water partition coefficient (Wildman–Crippen LogP) is 1.83. The third-order valence-electron chi connectivity index (χ3n) is 3.81. The summed E-state index contributed by atoms with van der Waals surface area (Å²) in [5.74, 6) is 0. The second-order valence-electron chi connectivity index (χ2n) is 5.42. The first-order chi connectivity index (χ1) is 9.20. The molecule has 0 radical (unpaired) electrons. The number of urea groups is 1. The number of carbonyl (C=O) groups is 1. The van der Waals surface area contributed by atoms with Gasteiger partial charge in [-0.15, -0.1) is 0 Å². The van der Waals surface area contributed by atoms with E-state index in [-0.39, 0.29) is 0 Å². The van der Waals surface area contributed by atoms with Crippen molar-refractivity contribution in [3.63, 3.8) is 0 Å². The van der Waals surface area contributed by atoms with Crippen LogP contribution in [0.15, 0.2) is 24.3 Å². The Morgan fingerprint density at radius 2 is 1.84 bits per heavy atom. The van der Waals surface area contributed by atoms with Crippen molar-refractivity contribution in [2.45, 2.75) is 31.3 Å². The number of rotatable bonds is 4. The molecule has 2 amide bonds. The number of anilines is 2. The van der Waals surface area contributed by atoms with Crippen molar-refractivity contribution in [3.8, 4) is 0 Å². The molecule has 1 heterocycles. The predicted molar refractivity (Wildman–Crippen MR) is 76.3 cm³/mol. The summed E-state index contributed by atoms with van der Waals surface area (Å²) in [4.78, 5) is 13.3. The van der Waals surface area contributed by atoms with E-state index in [1.165, 1.54) is 25.8 Å². The van der Waals surface area contributed by atoms with Crippen LogP contribution in [0.3, 0.4) is 0 Å². The van der Waals surface area contributed by atoms with Gasteiger partial charge in [-0.05, 0) is 43.5 Å². The van der Waals surface area contributed by atoms with Crippen LogP contribution in [0.25, 0.3) is 0 Å². The average Bonchev–Trinajstić information content (AvgIpc) is 3.12. The summed E-state index contributed by atoms with van der Waals surface area (Å²) in [5, 5.41) is 6.11. The number of nitrogens with zero attached hydrogens (tertiary/aromatic N) is 1. The van der Waals surface area contributed by atoms with Crippen molar-refractivity contribution >= 4 is 17.4 Å². The van der Waals surface area contributed by atoms with Crippen LogP contribution in [-0.4, -0.2) is 36.1 Å². The molecule has 1 aliphatic heterocycles. The molecule has 1 aliphatic carbocycles. The van der Waals surface area contributed by atoms with E-state index < -0.39 is 6.03 Å². The highest BCUT2D eigenvalue weighted by Gasteiger charge is 2.34. The van der Waals surface area contributed by atoms with Crippen molar-refractivity contribution in [3.05, 3.63) is 24.3 Å². The molecule has 1 saturated heterocycles. The minimum atomic E-state index is -0.531. The van der Waals surface area contributed by atoms with Crippen molar-refractivity contribution < 1.29 is 4.79 Å². The van der Waals surface area contributed by atoms with Crippen LogP contribution in [0.5, 0.6) is 0 Å². The van der Waals surface area contributed by atoms with Crippen molar-refractivity contribution in [1.29, 1.82) is 0 Å². The number of benzene rings is 1. The Morgan fingerprint density at radius 3 is 2.47 bits per heavy atom. The molecule has 0 spiro atoms. The van der Waals surface area contributed by atoms with Gasteiger partial charge in [0, 0.05) is 36.5 Å². The molecular weight excluding hydrogens is 240 g/mol. The summed E-state index contributed by atoms with van der Waals surface area (Å²) >= 11 is 0. The smallest absolute Gasteiger partial charge is 0.316 e. The van der Waals surface area contributed by atoms with Crippen LogP contribution in [-0.2, 0) is 0 Å². The maximum absolute atomic E-state index is 10.7. The van der Waals surface area contributed by atoms with E-state index in [9.17, 15) is 4.79 Å². The monoisotopic (exact) mass is 260 g/mol. The zero-order valence-electron chi connectivity index (χ0n) is 10.9. The van der Waals surface area contributed by atoms with Gasteiger partial charge in [0.25, 0.3) is 0 Å². The van der Waals surface area contributed by atoms with E-state index in [4.69, 9.17) is 5.73 Å². The first kappa shape index (κ1) is 12.3. The maximum atomic E-state index is 10.7. The highest BCUT2D eigenvalue weighted by molar-refractivity contribution is 5.87. The van der Waals surface area contributed by atoms with Crippen LogP contribution < -0.4 is 16.4 Å². The second-order valence-corrected chi connectivity index (χ2v) is 5.42. The molecule has 1 aromatic rings. The molecular formula is C14H20N4O. The third-order valence-corrected chi connectivity index (χ3v) is 3.81. The molecule has 3 rings (SSSR count).